The summed E-state index contributed by atoms with van der Waals surface area (Å²) in [6.45, 7) is 0. The minimum Gasteiger partial charge on any atom is -0.324 e. The molecule has 2 atom stereocenters. The standard InChI is InChI=1S/C8H12N2/c9-7-4-8(10)6-3-1-2-5(6)7/h1-2,7-8H,3-4,9-10H2. The Balaban J connectivity index is 2.34. The first-order valence-electron chi connectivity index (χ1n) is 3.69. The Kier molecular flexibility index (Phi) is 1.19. The summed E-state index contributed by atoms with van der Waals surface area (Å²) in [6.07, 6.45) is 6.23. The van der Waals surface area contributed by atoms with Crippen molar-refractivity contribution in [1.82, 2.24) is 0 Å². The molecule has 0 aromatic rings. The molecule has 0 heterocycles. The summed E-state index contributed by atoms with van der Waals surface area (Å²) in [5, 5.41) is 0. The van der Waals surface area contributed by atoms with Crippen LogP contribution in [0.15, 0.2) is 23.3 Å². The van der Waals surface area contributed by atoms with Crippen LogP contribution in [0.1, 0.15) is 12.8 Å². The third-order valence-corrected chi connectivity index (χ3v) is 2.36. The second-order valence-electron chi connectivity index (χ2n) is 3.04. The Hall–Kier alpha value is -0.600. The van der Waals surface area contributed by atoms with Crippen LogP contribution >= 0.6 is 0 Å². The largest absolute Gasteiger partial charge is 0.324 e. The molecule has 0 saturated carbocycles. The maximum atomic E-state index is 5.83. The average Bonchev–Trinajstić information content (AvgIpc) is 2.39. The molecule has 0 aromatic heterocycles. The zero-order valence-corrected chi connectivity index (χ0v) is 5.88. The topological polar surface area (TPSA) is 52.0 Å². The molecular formula is C8H12N2. The molecule has 2 heteroatoms. The second-order valence-corrected chi connectivity index (χ2v) is 3.04. The van der Waals surface area contributed by atoms with Gasteiger partial charge in [0.25, 0.3) is 0 Å². The first-order chi connectivity index (χ1) is 4.79. The van der Waals surface area contributed by atoms with Gasteiger partial charge in [-0.05, 0) is 24.0 Å². The predicted octanol–water partition coefficient (Wildman–Crippen LogP) is 0.301. The van der Waals surface area contributed by atoms with Crippen molar-refractivity contribution in [3.05, 3.63) is 23.3 Å². The minimum absolute atomic E-state index is 0.212. The van der Waals surface area contributed by atoms with Crippen molar-refractivity contribution in [3.63, 3.8) is 0 Å². The van der Waals surface area contributed by atoms with Crippen molar-refractivity contribution < 1.29 is 0 Å². The maximum absolute atomic E-state index is 5.83. The summed E-state index contributed by atoms with van der Waals surface area (Å²) in [5.41, 5.74) is 14.3. The molecule has 2 aliphatic rings. The SMILES string of the molecule is NC1CC(N)C2=C1C=CC2. The molecule has 0 fully saturated rings. The van der Waals surface area contributed by atoms with E-state index in [0.29, 0.717) is 0 Å². The predicted molar refractivity (Wildman–Crippen MR) is 41.4 cm³/mol. The quantitative estimate of drug-likeness (QED) is 0.503. The lowest BCUT2D eigenvalue weighted by Gasteiger charge is -2.05. The molecule has 0 bridgehead atoms. The second kappa shape index (κ2) is 1.94. The molecule has 2 rings (SSSR count). The third-order valence-electron chi connectivity index (χ3n) is 2.36. The molecule has 0 radical (unpaired) electrons. The highest BCUT2D eigenvalue weighted by Gasteiger charge is 2.28. The average molecular weight is 136 g/mol. The van der Waals surface area contributed by atoms with Gasteiger partial charge in [0, 0.05) is 12.1 Å². The highest BCUT2D eigenvalue weighted by atomic mass is 14.7. The van der Waals surface area contributed by atoms with E-state index in [1.807, 2.05) is 0 Å². The van der Waals surface area contributed by atoms with E-state index in [9.17, 15) is 0 Å². The molecule has 54 valence electrons. The number of nitrogens with two attached hydrogens (primary N) is 2. The fourth-order valence-corrected chi connectivity index (χ4v) is 1.81. The van der Waals surface area contributed by atoms with Gasteiger partial charge in [0.2, 0.25) is 0 Å². The number of rotatable bonds is 0. The Morgan fingerprint density at radius 1 is 1.30 bits per heavy atom. The molecule has 2 nitrogen and oxygen atoms in total. The molecule has 2 unspecified atom stereocenters. The third kappa shape index (κ3) is 0.662. The summed E-state index contributed by atoms with van der Waals surface area (Å²) in [5.74, 6) is 0. The van der Waals surface area contributed by atoms with Gasteiger partial charge in [-0.2, -0.15) is 0 Å². The van der Waals surface area contributed by atoms with Crippen LogP contribution in [0.5, 0.6) is 0 Å². The first-order valence-corrected chi connectivity index (χ1v) is 3.69. The van der Waals surface area contributed by atoms with Crippen LogP contribution in [0.3, 0.4) is 0 Å². The fraction of sp³-hybridized carbons (Fsp3) is 0.500. The van der Waals surface area contributed by atoms with Crippen molar-refractivity contribution in [1.29, 1.82) is 0 Å². The van der Waals surface area contributed by atoms with Gasteiger partial charge in [-0.15, -0.1) is 0 Å². The Bertz CT molecular complexity index is 215. The Morgan fingerprint density at radius 2 is 2.10 bits per heavy atom. The molecule has 0 saturated heterocycles. The van der Waals surface area contributed by atoms with Crippen molar-refractivity contribution in [3.8, 4) is 0 Å². The van der Waals surface area contributed by atoms with E-state index in [2.05, 4.69) is 12.2 Å². The van der Waals surface area contributed by atoms with Crippen LogP contribution in [-0.4, -0.2) is 12.1 Å². The van der Waals surface area contributed by atoms with E-state index in [1.165, 1.54) is 11.1 Å². The fourth-order valence-electron chi connectivity index (χ4n) is 1.81. The Morgan fingerprint density at radius 3 is 2.80 bits per heavy atom. The molecule has 10 heavy (non-hydrogen) atoms. The monoisotopic (exact) mass is 136 g/mol. The summed E-state index contributed by atoms with van der Waals surface area (Å²) in [6, 6.07) is 0.448. The van der Waals surface area contributed by atoms with Gasteiger partial charge in [0.05, 0.1) is 0 Å². The summed E-state index contributed by atoms with van der Waals surface area (Å²) in [4.78, 5) is 0. The van der Waals surface area contributed by atoms with Gasteiger partial charge < -0.3 is 11.5 Å². The van der Waals surface area contributed by atoms with Crippen LogP contribution in [0, 0.1) is 0 Å². The lowest BCUT2D eigenvalue weighted by Crippen LogP contribution is -2.25. The number of hydrogen-bond donors (Lipinski definition) is 2. The smallest absolute Gasteiger partial charge is 0.0313 e. The first kappa shape index (κ1) is 6.13. The minimum atomic E-state index is 0.212. The summed E-state index contributed by atoms with van der Waals surface area (Å²) < 4.78 is 0. The van der Waals surface area contributed by atoms with Crippen molar-refractivity contribution in [2.75, 3.05) is 0 Å². The summed E-state index contributed by atoms with van der Waals surface area (Å²) >= 11 is 0. The lowest BCUT2D eigenvalue weighted by molar-refractivity contribution is 0.671. The molecule has 0 amide bonds. The van der Waals surface area contributed by atoms with Crippen molar-refractivity contribution in [2.24, 2.45) is 11.5 Å². The van der Waals surface area contributed by atoms with Gasteiger partial charge in [-0.1, -0.05) is 12.2 Å². The van der Waals surface area contributed by atoms with Gasteiger partial charge >= 0.3 is 0 Å². The highest BCUT2D eigenvalue weighted by Crippen LogP contribution is 2.32. The van der Waals surface area contributed by atoms with Crippen molar-refractivity contribution >= 4 is 0 Å². The molecule has 0 spiro atoms. The van der Waals surface area contributed by atoms with Crippen LogP contribution in [0.4, 0.5) is 0 Å². The van der Waals surface area contributed by atoms with Crippen LogP contribution < -0.4 is 11.5 Å². The van der Waals surface area contributed by atoms with Gasteiger partial charge in [0.1, 0.15) is 0 Å². The maximum Gasteiger partial charge on any atom is 0.0313 e. The van der Waals surface area contributed by atoms with Crippen molar-refractivity contribution in [2.45, 2.75) is 24.9 Å². The van der Waals surface area contributed by atoms with E-state index in [1.54, 1.807) is 0 Å². The summed E-state index contributed by atoms with van der Waals surface area (Å²) in [7, 11) is 0. The van der Waals surface area contributed by atoms with E-state index in [0.717, 1.165) is 12.8 Å². The van der Waals surface area contributed by atoms with Gasteiger partial charge in [0.15, 0.2) is 0 Å². The highest BCUT2D eigenvalue weighted by molar-refractivity contribution is 5.44. The van der Waals surface area contributed by atoms with Gasteiger partial charge in [-0.3, -0.25) is 0 Å². The van der Waals surface area contributed by atoms with E-state index < -0.39 is 0 Å². The lowest BCUT2D eigenvalue weighted by atomic mass is 10.1. The number of hydrogen-bond acceptors (Lipinski definition) is 2. The number of allylic oxidation sites excluding steroid dienone is 1. The Labute approximate surface area is 60.6 Å². The van der Waals surface area contributed by atoms with Crippen LogP contribution in [-0.2, 0) is 0 Å². The molecule has 0 aliphatic heterocycles. The molecular weight excluding hydrogens is 124 g/mol. The van der Waals surface area contributed by atoms with E-state index >= 15 is 0 Å². The van der Waals surface area contributed by atoms with E-state index in [-0.39, 0.29) is 12.1 Å². The normalized spacial score (nSPS) is 37.4. The van der Waals surface area contributed by atoms with E-state index in [4.69, 9.17) is 11.5 Å². The van der Waals surface area contributed by atoms with Gasteiger partial charge in [-0.25, -0.2) is 0 Å². The van der Waals surface area contributed by atoms with Crippen LogP contribution in [0.2, 0.25) is 0 Å². The molecule has 0 aromatic carbocycles. The zero-order chi connectivity index (χ0) is 7.14. The molecule has 4 N–H and O–H groups in total. The zero-order valence-electron chi connectivity index (χ0n) is 5.88. The molecule has 2 aliphatic carbocycles. The van der Waals surface area contributed by atoms with Crippen LogP contribution in [0.25, 0.3) is 0 Å².